The van der Waals surface area contributed by atoms with Crippen molar-refractivity contribution in [1.29, 1.82) is 0 Å². The van der Waals surface area contributed by atoms with Crippen LogP contribution in [0.4, 0.5) is 0 Å². The van der Waals surface area contributed by atoms with Gasteiger partial charge in [0.1, 0.15) is 0 Å². The van der Waals surface area contributed by atoms with Gasteiger partial charge in [-0.1, -0.05) is 45.3 Å². The fourth-order valence-electron chi connectivity index (χ4n) is 2.09. The third kappa shape index (κ3) is 3.83. The van der Waals surface area contributed by atoms with E-state index in [0.29, 0.717) is 12.8 Å². The van der Waals surface area contributed by atoms with Crippen molar-refractivity contribution < 1.29 is 5.11 Å². The summed E-state index contributed by atoms with van der Waals surface area (Å²) in [6.45, 7) is 11.7. The summed E-state index contributed by atoms with van der Waals surface area (Å²) in [6, 6.07) is 7.75. The van der Waals surface area contributed by atoms with Crippen molar-refractivity contribution in [1.82, 2.24) is 0 Å². The molecular weight excluding hydrogens is 276 g/mol. The Morgan fingerprint density at radius 3 is 2.06 bits per heavy atom. The smallest absolute Gasteiger partial charge is 0.0980 e. The molecule has 0 saturated heterocycles. The van der Waals surface area contributed by atoms with Crippen molar-refractivity contribution in [2.24, 2.45) is 0 Å². The van der Waals surface area contributed by atoms with Crippen LogP contribution in [0.2, 0.25) is 0 Å². The Kier molecular flexibility index (Phi) is 4.72. The molecule has 1 N–H and O–H groups in total. The second-order valence-electron chi connectivity index (χ2n) is 4.78. The van der Waals surface area contributed by atoms with Gasteiger partial charge in [0.15, 0.2) is 0 Å². The van der Waals surface area contributed by atoms with E-state index in [1.807, 2.05) is 38.1 Å². The quantitative estimate of drug-likeness (QED) is 0.789. The maximum atomic E-state index is 10.9. The summed E-state index contributed by atoms with van der Waals surface area (Å²) >= 11 is 3.49. The molecule has 0 saturated carbocycles. The number of halogens is 1. The molecule has 0 heterocycles. The standard InChI is InChI=1S/C15H19BrO/c1-11(2)9-15(17,10-12(3)4)13-7-5-6-8-14(13)16/h5-8,17H,1,3,9-10H2,2,4H3. The summed E-state index contributed by atoms with van der Waals surface area (Å²) in [7, 11) is 0. The van der Waals surface area contributed by atoms with Gasteiger partial charge in [-0.15, -0.1) is 13.2 Å². The Morgan fingerprint density at radius 1 is 1.18 bits per heavy atom. The Bertz CT molecular complexity index is 418. The van der Waals surface area contributed by atoms with Crippen LogP contribution in [0.3, 0.4) is 0 Å². The molecule has 0 bridgehead atoms. The predicted molar refractivity (Wildman–Crippen MR) is 76.9 cm³/mol. The normalized spacial score (nSPS) is 11.3. The molecule has 0 aromatic heterocycles. The topological polar surface area (TPSA) is 20.2 Å². The van der Waals surface area contributed by atoms with Gasteiger partial charge in [0.05, 0.1) is 5.60 Å². The first-order chi connectivity index (χ1) is 7.85. The van der Waals surface area contributed by atoms with E-state index < -0.39 is 5.60 Å². The first kappa shape index (κ1) is 14.2. The van der Waals surface area contributed by atoms with Crippen molar-refractivity contribution >= 4 is 15.9 Å². The Hall–Kier alpha value is -0.860. The van der Waals surface area contributed by atoms with Gasteiger partial charge < -0.3 is 5.11 Å². The molecule has 0 atom stereocenters. The van der Waals surface area contributed by atoms with Crippen molar-refractivity contribution in [3.8, 4) is 0 Å². The summed E-state index contributed by atoms with van der Waals surface area (Å²) < 4.78 is 0.921. The van der Waals surface area contributed by atoms with E-state index in [1.165, 1.54) is 0 Å². The molecule has 0 aliphatic rings. The van der Waals surface area contributed by atoms with E-state index in [-0.39, 0.29) is 0 Å². The highest BCUT2D eigenvalue weighted by Gasteiger charge is 2.30. The lowest BCUT2D eigenvalue weighted by Crippen LogP contribution is -2.26. The molecule has 1 rings (SSSR count). The van der Waals surface area contributed by atoms with Crippen LogP contribution >= 0.6 is 15.9 Å². The van der Waals surface area contributed by atoms with Crippen molar-refractivity contribution in [2.75, 3.05) is 0 Å². The number of rotatable bonds is 5. The van der Waals surface area contributed by atoms with Crippen LogP contribution in [0.5, 0.6) is 0 Å². The first-order valence-electron chi connectivity index (χ1n) is 5.61. The molecule has 17 heavy (non-hydrogen) atoms. The second kappa shape index (κ2) is 5.65. The van der Waals surface area contributed by atoms with E-state index in [9.17, 15) is 5.11 Å². The van der Waals surface area contributed by atoms with Gasteiger partial charge in [-0.2, -0.15) is 0 Å². The Balaban J connectivity index is 3.18. The van der Waals surface area contributed by atoms with Gasteiger partial charge >= 0.3 is 0 Å². The number of hydrogen-bond donors (Lipinski definition) is 1. The summed E-state index contributed by atoms with van der Waals surface area (Å²) in [5, 5.41) is 10.9. The van der Waals surface area contributed by atoms with E-state index in [4.69, 9.17) is 0 Å². The van der Waals surface area contributed by atoms with Crippen LogP contribution in [0, 0.1) is 0 Å². The van der Waals surface area contributed by atoms with Crippen LogP contribution in [0.15, 0.2) is 53.0 Å². The number of aliphatic hydroxyl groups is 1. The van der Waals surface area contributed by atoms with Crippen LogP contribution in [-0.4, -0.2) is 5.11 Å². The molecule has 0 fully saturated rings. The Labute approximate surface area is 112 Å². The number of hydrogen-bond acceptors (Lipinski definition) is 1. The van der Waals surface area contributed by atoms with Gasteiger partial charge in [-0.3, -0.25) is 0 Å². The molecular formula is C15H19BrO. The molecule has 0 unspecified atom stereocenters. The highest BCUT2D eigenvalue weighted by Crippen LogP contribution is 2.37. The fourth-order valence-corrected chi connectivity index (χ4v) is 2.74. The zero-order chi connectivity index (χ0) is 13.1. The first-order valence-corrected chi connectivity index (χ1v) is 6.40. The monoisotopic (exact) mass is 294 g/mol. The van der Waals surface area contributed by atoms with Crippen molar-refractivity contribution in [3.05, 3.63) is 58.6 Å². The highest BCUT2D eigenvalue weighted by atomic mass is 79.9. The fraction of sp³-hybridized carbons (Fsp3) is 0.333. The average Bonchev–Trinajstić information content (AvgIpc) is 2.15. The molecule has 1 aromatic rings. The van der Waals surface area contributed by atoms with Gasteiger partial charge in [-0.25, -0.2) is 0 Å². The summed E-state index contributed by atoms with van der Waals surface area (Å²) in [6.07, 6.45) is 1.09. The maximum Gasteiger partial charge on any atom is 0.0980 e. The van der Waals surface area contributed by atoms with E-state index in [1.54, 1.807) is 0 Å². The lowest BCUT2D eigenvalue weighted by atomic mass is 9.83. The molecule has 1 aromatic carbocycles. The minimum atomic E-state index is -0.919. The van der Waals surface area contributed by atoms with Crippen LogP contribution in [0.1, 0.15) is 32.3 Å². The van der Waals surface area contributed by atoms with Crippen LogP contribution in [0.25, 0.3) is 0 Å². The zero-order valence-electron chi connectivity index (χ0n) is 10.5. The molecule has 0 aliphatic carbocycles. The van der Waals surface area contributed by atoms with Crippen molar-refractivity contribution in [3.63, 3.8) is 0 Å². The average molecular weight is 295 g/mol. The molecule has 0 aliphatic heterocycles. The number of benzene rings is 1. The van der Waals surface area contributed by atoms with Gasteiger partial charge in [0.2, 0.25) is 0 Å². The largest absolute Gasteiger partial charge is 0.384 e. The lowest BCUT2D eigenvalue weighted by molar-refractivity contribution is 0.0367. The van der Waals surface area contributed by atoms with E-state index in [2.05, 4.69) is 29.1 Å². The highest BCUT2D eigenvalue weighted by molar-refractivity contribution is 9.10. The van der Waals surface area contributed by atoms with Gasteiger partial charge in [-0.05, 0) is 25.5 Å². The minimum absolute atomic E-state index is 0.544. The minimum Gasteiger partial charge on any atom is -0.384 e. The SMILES string of the molecule is C=C(C)CC(O)(CC(=C)C)c1ccccc1Br. The molecule has 1 nitrogen and oxygen atoms in total. The Morgan fingerprint density at radius 2 is 1.65 bits per heavy atom. The zero-order valence-corrected chi connectivity index (χ0v) is 12.0. The predicted octanol–water partition coefficient (Wildman–Crippen LogP) is 4.57. The molecule has 0 spiro atoms. The second-order valence-corrected chi connectivity index (χ2v) is 5.63. The maximum absolute atomic E-state index is 10.9. The van der Waals surface area contributed by atoms with E-state index in [0.717, 1.165) is 21.2 Å². The lowest BCUT2D eigenvalue weighted by Gasteiger charge is -2.30. The van der Waals surface area contributed by atoms with Gasteiger partial charge in [0.25, 0.3) is 0 Å². The van der Waals surface area contributed by atoms with E-state index >= 15 is 0 Å². The molecule has 92 valence electrons. The molecule has 2 heteroatoms. The third-order valence-corrected chi connectivity index (χ3v) is 3.26. The third-order valence-electron chi connectivity index (χ3n) is 2.56. The van der Waals surface area contributed by atoms with Crippen molar-refractivity contribution in [2.45, 2.75) is 32.3 Å². The van der Waals surface area contributed by atoms with Crippen LogP contribution in [-0.2, 0) is 5.60 Å². The summed E-state index contributed by atoms with van der Waals surface area (Å²) in [5.41, 5.74) is 1.90. The summed E-state index contributed by atoms with van der Waals surface area (Å²) in [5.74, 6) is 0. The van der Waals surface area contributed by atoms with Crippen LogP contribution < -0.4 is 0 Å². The van der Waals surface area contributed by atoms with Gasteiger partial charge in [0, 0.05) is 17.3 Å². The molecule has 0 amide bonds. The molecule has 0 radical (unpaired) electrons. The summed E-state index contributed by atoms with van der Waals surface area (Å²) in [4.78, 5) is 0.